The number of hydrogen-bond donors (Lipinski definition) is 0. The Morgan fingerprint density at radius 1 is 1.62 bits per heavy atom. The number of hydrogen-bond acceptors (Lipinski definition) is 3. The lowest BCUT2D eigenvalue weighted by atomic mass is 10.1. The lowest BCUT2D eigenvalue weighted by Crippen LogP contribution is -2.13. The molecule has 0 aromatic carbocycles. The van der Waals surface area contributed by atoms with Crippen LogP contribution in [0.15, 0.2) is 0 Å². The Hall–Kier alpha value is -0.720. The highest BCUT2D eigenvalue weighted by atomic mass is 35.5. The fourth-order valence-corrected chi connectivity index (χ4v) is 1.21. The van der Waals surface area contributed by atoms with Crippen LogP contribution in [0.3, 0.4) is 0 Å². The van der Waals surface area contributed by atoms with Crippen LogP contribution < -0.4 is 0 Å². The highest BCUT2D eigenvalue weighted by Crippen LogP contribution is 2.12. The SMILES string of the molecule is O=C1CC[C@H](OCC#CCl)CCO1. The van der Waals surface area contributed by atoms with Crippen molar-refractivity contribution in [1.82, 2.24) is 0 Å². The summed E-state index contributed by atoms with van der Waals surface area (Å²) in [6.07, 6.45) is 1.96. The van der Waals surface area contributed by atoms with E-state index in [4.69, 9.17) is 21.1 Å². The van der Waals surface area contributed by atoms with Crippen LogP contribution in [-0.4, -0.2) is 25.3 Å². The molecule has 0 spiro atoms. The predicted octanol–water partition coefficient (Wildman–Crippen LogP) is 1.30. The van der Waals surface area contributed by atoms with Gasteiger partial charge < -0.3 is 9.47 Å². The molecule has 13 heavy (non-hydrogen) atoms. The second kappa shape index (κ2) is 5.85. The van der Waals surface area contributed by atoms with Crippen LogP contribution in [-0.2, 0) is 14.3 Å². The molecule has 0 amide bonds. The Kier molecular flexibility index (Phi) is 4.66. The van der Waals surface area contributed by atoms with Crippen LogP contribution >= 0.6 is 11.6 Å². The Balaban J connectivity index is 2.24. The van der Waals surface area contributed by atoms with E-state index in [0.29, 0.717) is 26.1 Å². The van der Waals surface area contributed by atoms with Gasteiger partial charge in [0.25, 0.3) is 0 Å². The van der Waals surface area contributed by atoms with E-state index in [1.807, 2.05) is 0 Å². The van der Waals surface area contributed by atoms with Crippen LogP contribution in [0, 0.1) is 11.3 Å². The standard InChI is InChI=1S/C9H11ClO3/c10-5-1-6-12-8-2-3-9(11)13-7-4-8/h8H,2-4,6-7H2/t8-/m0/s1. The third kappa shape index (κ3) is 4.16. The Bertz CT molecular complexity index is 229. The molecule has 0 bridgehead atoms. The number of carbonyl (C=O) groups excluding carboxylic acids is 1. The first kappa shape index (κ1) is 10.4. The maximum absolute atomic E-state index is 10.8. The molecular weight excluding hydrogens is 192 g/mol. The van der Waals surface area contributed by atoms with E-state index in [0.717, 1.165) is 6.42 Å². The smallest absolute Gasteiger partial charge is 0.305 e. The maximum Gasteiger partial charge on any atom is 0.305 e. The van der Waals surface area contributed by atoms with Crippen LogP contribution in [0.1, 0.15) is 19.3 Å². The first-order chi connectivity index (χ1) is 6.33. The zero-order chi connectivity index (χ0) is 9.52. The summed E-state index contributed by atoms with van der Waals surface area (Å²) >= 11 is 5.15. The van der Waals surface area contributed by atoms with Gasteiger partial charge in [-0.3, -0.25) is 4.79 Å². The van der Waals surface area contributed by atoms with Gasteiger partial charge in [-0.25, -0.2) is 0 Å². The summed E-state index contributed by atoms with van der Waals surface area (Å²) < 4.78 is 10.2. The first-order valence-corrected chi connectivity index (χ1v) is 4.56. The van der Waals surface area contributed by atoms with Crippen molar-refractivity contribution in [3.63, 3.8) is 0 Å². The predicted molar refractivity (Wildman–Crippen MR) is 48.2 cm³/mol. The molecule has 1 heterocycles. The molecule has 1 aliphatic heterocycles. The molecule has 3 nitrogen and oxygen atoms in total. The molecule has 0 aromatic rings. The average Bonchev–Trinajstić information content (AvgIpc) is 2.32. The number of esters is 1. The van der Waals surface area contributed by atoms with Crippen molar-refractivity contribution in [3.8, 4) is 11.3 Å². The molecule has 0 aliphatic carbocycles. The molecule has 1 saturated heterocycles. The molecule has 1 atom stereocenters. The highest BCUT2D eigenvalue weighted by molar-refractivity contribution is 6.30. The van der Waals surface area contributed by atoms with Gasteiger partial charge in [0, 0.05) is 18.2 Å². The quantitative estimate of drug-likeness (QED) is 0.500. The molecule has 0 N–H and O–H groups in total. The van der Waals surface area contributed by atoms with E-state index in [2.05, 4.69) is 11.3 Å². The van der Waals surface area contributed by atoms with E-state index in [1.54, 1.807) is 0 Å². The molecule has 72 valence electrons. The van der Waals surface area contributed by atoms with Crippen molar-refractivity contribution in [3.05, 3.63) is 0 Å². The van der Waals surface area contributed by atoms with Crippen molar-refractivity contribution >= 4 is 17.6 Å². The van der Waals surface area contributed by atoms with Gasteiger partial charge in [-0.15, -0.1) is 0 Å². The largest absolute Gasteiger partial charge is 0.466 e. The lowest BCUT2D eigenvalue weighted by Gasteiger charge is -2.10. The zero-order valence-electron chi connectivity index (χ0n) is 7.22. The minimum atomic E-state index is -0.144. The summed E-state index contributed by atoms with van der Waals surface area (Å²) in [7, 11) is 0. The molecular formula is C9H11ClO3. The van der Waals surface area contributed by atoms with Gasteiger partial charge >= 0.3 is 5.97 Å². The second-order valence-corrected chi connectivity index (χ2v) is 2.94. The number of ether oxygens (including phenoxy) is 2. The Morgan fingerprint density at radius 3 is 3.23 bits per heavy atom. The molecule has 0 aromatic heterocycles. The molecule has 0 saturated carbocycles. The number of rotatable bonds is 2. The lowest BCUT2D eigenvalue weighted by molar-refractivity contribution is -0.142. The maximum atomic E-state index is 10.8. The summed E-state index contributed by atoms with van der Waals surface area (Å²) in [6.45, 7) is 0.764. The van der Waals surface area contributed by atoms with Crippen molar-refractivity contribution in [1.29, 1.82) is 0 Å². The fourth-order valence-electron chi connectivity index (χ4n) is 1.15. The molecule has 4 heteroatoms. The van der Waals surface area contributed by atoms with Gasteiger partial charge in [0.1, 0.15) is 6.61 Å². The monoisotopic (exact) mass is 202 g/mol. The van der Waals surface area contributed by atoms with Crippen molar-refractivity contribution in [2.45, 2.75) is 25.4 Å². The van der Waals surface area contributed by atoms with Gasteiger partial charge in [-0.2, -0.15) is 0 Å². The number of cyclic esters (lactones) is 1. The Labute approximate surface area is 82.3 Å². The molecule has 0 unspecified atom stereocenters. The van der Waals surface area contributed by atoms with Gasteiger partial charge in [0.05, 0.1) is 12.7 Å². The van der Waals surface area contributed by atoms with Crippen molar-refractivity contribution in [2.75, 3.05) is 13.2 Å². The van der Waals surface area contributed by atoms with Gasteiger partial charge in [-0.05, 0) is 18.0 Å². The summed E-state index contributed by atoms with van der Waals surface area (Å²) in [6, 6.07) is 0. The minimum Gasteiger partial charge on any atom is -0.466 e. The summed E-state index contributed by atoms with van der Waals surface area (Å²) in [4.78, 5) is 10.8. The van der Waals surface area contributed by atoms with Crippen molar-refractivity contribution in [2.24, 2.45) is 0 Å². The summed E-state index contributed by atoms with van der Waals surface area (Å²) in [5.74, 6) is 2.45. The second-order valence-electron chi connectivity index (χ2n) is 2.75. The first-order valence-electron chi connectivity index (χ1n) is 4.18. The summed E-state index contributed by atoms with van der Waals surface area (Å²) in [5, 5.41) is 2.23. The van der Waals surface area contributed by atoms with E-state index in [1.165, 1.54) is 0 Å². The third-order valence-electron chi connectivity index (χ3n) is 1.83. The van der Waals surface area contributed by atoms with E-state index in [-0.39, 0.29) is 12.1 Å². The number of carbonyl (C=O) groups is 1. The normalized spacial score (nSPS) is 22.5. The van der Waals surface area contributed by atoms with E-state index in [9.17, 15) is 4.79 Å². The van der Waals surface area contributed by atoms with Crippen LogP contribution in [0.25, 0.3) is 0 Å². The van der Waals surface area contributed by atoms with Crippen LogP contribution in [0.5, 0.6) is 0 Å². The van der Waals surface area contributed by atoms with Gasteiger partial charge in [0.2, 0.25) is 0 Å². The summed E-state index contributed by atoms with van der Waals surface area (Å²) in [5.41, 5.74) is 0. The Morgan fingerprint density at radius 2 is 2.46 bits per heavy atom. The zero-order valence-corrected chi connectivity index (χ0v) is 7.97. The highest BCUT2D eigenvalue weighted by Gasteiger charge is 2.16. The topological polar surface area (TPSA) is 35.5 Å². The number of halogens is 1. The van der Waals surface area contributed by atoms with Crippen molar-refractivity contribution < 1.29 is 14.3 Å². The van der Waals surface area contributed by atoms with Gasteiger partial charge in [-0.1, -0.05) is 5.92 Å². The molecule has 1 rings (SSSR count). The average molecular weight is 203 g/mol. The van der Waals surface area contributed by atoms with Crippen LogP contribution in [0.2, 0.25) is 0 Å². The third-order valence-corrected chi connectivity index (χ3v) is 1.96. The fraction of sp³-hybridized carbons (Fsp3) is 0.667. The minimum absolute atomic E-state index is 0.0731. The molecule has 1 fully saturated rings. The van der Waals surface area contributed by atoms with E-state index < -0.39 is 0 Å². The van der Waals surface area contributed by atoms with Gasteiger partial charge in [0.15, 0.2) is 0 Å². The molecule has 1 aliphatic rings. The van der Waals surface area contributed by atoms with Crippen LogP contribution in [0.4, 0.5) is 0 Å². The molecule has 0 radical (unpaired) electrons. The van der Waals surface area contributed by atoms with E-state index >= 15 is 0 Å².